The molecule has 0 aliphatic carbocycles. The molecule has 0 aliphatic heterocycles. The van der Waals surface area contributed by atoms with Crippen molar-refractivity contribution in [3.05, 3.63) is 45.7 Å². The van der Waals surface area contributed by atoms with Gasteiger partial charge in [0.25, 0.3) is 0 Å². The van der Waals surface area contributed by atoms with Gasteiger partial charge in [0.2, 0.25) is 0 Å². The van der Waals surface area contributed by atoms with Gasteiger partial charge in [0.1, 0.15) is 5.75 Å². The van der Waals surface area contributed by atoms with Crippen molar-refractivity contribution < 1.29 is 9.84 Å². The normalized spacial score (nSPS) is 14.1. The molecule has 5 heteroatoms. The summed E-state index contributed by atoms with van der Waals surface area (Å²) in [7, 11) is 3.51. The first-order valence-corrected chi connectivity index (χ1v) is 7.19. The van der Waals surface area contributed by atoms with E-state index >= 15 is 0 Å². The van der Waals surface area contributed by atoms with Crippen molar-refractivity contribution in [2.75, 3.05) is 7.11 Å². The zero-order valence-corrected chi connectivity index (χ0v) is 13.7. The minimum Gasteiger partial charge on any atom is -0.497 e. The second-order valence-electron chi connectivity index (χ2n) is 5.15. The van der Waals surface area contributed by atoms with E-state index in [0.29, 0.717) is 6.42 Å². The van der Waals surface area contributed by atoms with E-state index in [9.17, 15) is 5.11 Å². The van der Waals surface area contributed by atoms with Gasteiger partial charge in [-0.2, -0.15) is 5.10 Å². The van der Waals surface area contributed by atoms with Crippen molar-refractivity contribution in [2.45, 2.75) is 25.9 Å². The van der Waals surface area contributed by atoms with Crippen molar-refractivity contribution >= 4 is 15.9 Å². The van der Waals surface area contributed by atoms with Crippen molar-refractivity contribution in [3.63, 3.8) is 0 Å². The number of hydrogen-bond acceptors (Lipinski definition) is 3. The van der Waals surface area contributed by atoms with Crippen LogP contribution in [0.3, 0.4) is 0 Å². The third-order valence-electron chi connectivity index (χ3n) is 3.49. The summed E-state index contributed by atoms with van der Waals surface area (Å²) >= 11 is 3.53. The van der Waals surface area contributed by atoms with Gasteiger partial charge in [0, 0.05) is 13.5 Å². The number of aryl methyl sites for hydroxylation is 2. The molecule has 0 fully saturated rings. The number of methoxy groups -OCH3 is 1. The fraction of sp³-hybridized carbons (Fsp3) is 0.400. The molecule has 20 heavy (non-hydrogen) atoms. The van der Waals surface area contributed by atoms with E-state index in [2.05, 4.69) is 21.0 Å². The molecule has 1 N–H and O–H groups in total. The van der Waals surface area contributed by atoms with Crippen molar-refractivity contribution in [2.24, 2.45) is 7.05 Å². The highest BCUT2D eigenvalue weighted by Gasteiger charge is 2.27. The Hall–Kier alpha value is -1.33. The van der Waals surface area contributed by atoms with Gasteiger partial charge in [0.15, 0.2) is 0 Å². The summed E-state index contributed by atoms with van der Waals surface area (Å²) in [6.45, 7) is 3.75. The first kappa shape index (κ1) is 15.1. The molecule has 108 valence electrons. The minimum atomic E-state index is -0.963. The van der Waals surface area contributed by atoms with E-state index in [1.54, 1.807) is 11.8 Å². The minimum absolute atomic E-state index is 0.483. The summed E-state index contributed by atoms with van der Waals surface area (Å²) in [6, 6.07) is 7.48. The third kappa shape index (κ3) is 2.88. The Balaban J connectivity index is 2.29. The summed E-state index contributed by atoms with van der Waals surface area (Å²) in [6.07, 6.45) is 0.483. The zero-order valence-electron chi connectivity index (χ0n) is 12.1. The number of halogens is 1. The first-order valence-electron chi connectivity index (χ1n) is 6.40. The number of rotatable bonds is 4. The zero-order chi connectivity index (χ0) is 14.9. The molecule has 2 aromatic rings. The van der Waals surface area contributed by atoms with Gasteiger partial charge in [-0.25, -0.2) is 0 Å². The lowest BCUT2D eigenvalue weighted by atomic mass is 9.91. The molecule has 1 aromatic carbocycles. The topological polar surface area (TPSA) is 47.3 Å². The standard InChI is InChI=1S/C15H19BrN2O2/c1-10-14(16)13(18(3)17-10)9-15(2,19)11-5-7-12(20-4)8-6-11/h5-8,19H,9H2,1-4H3. The average molecular weight is 339 g/mol. The largest absolute Gasteiger partial charge is 0.497 e. The van der Waals surface area contributed by atoms with Gasteiger partial charge in [-0.05, 0) is 47.5 Å². The van der Waals surface area contributed by atoms with E-state index in [-0.39, 0.29) is 0 Å². The molecule has 0 bridgehead atoms. The molecule has 0 radical (unpaired) electrons. The second-order valence-corrected chi connectivity index (χ2v) is 5.94. The van der Waals surface area contributed by atoms with Crippen LogP contribution in [0.5, 0.6) is 5.75 Å². The Morgan fingerprint density at radius 3 is 2.40 bits per heavy atom. The number of aromatic nitrogens is 2. The maximum absolute atomic E-state index is 10.8. The van der Waals surface area contributed by atoms with E-state index < -0.39 is 5.60 Å². The number of ether oxygens (including phenoxy) is 1. The van der Waals surface area contributed by atoms with Crippen LogP contribution < -0.4 is 4.74 Å². The van der Waals surface area contributed by atoms with Crippen LogP contribution in [0.1, 0.15) is 23.9 Å². The summed E-state index contributed by atoms with van der Waals surface area (Å²) in [4.78, 5) is 0. The van der Waals surface area contributed by atoms with Gasteiger partial charge in [-0.3, -0.25) is 4.68 Å². The maximum atomic E-state index is 10.8. The van der Waals surface area contributed by atoms with E-state index in [1.807, 2.05) is 45.2 Å². The molecule has 1 atom stereocenters. The summed E-state index contributed by atoms with van der Waals surface area (Å²) in [5, 5.41) is 15.1. The molecule has 1 heterocycles. The molecule has 0 saturated carbocycles. The highest BCUT2D eigenvalue weighted by atomic mass is 79.9. The van der Waals surface area contributed by atoms with Crippen LogP contribution in [0.25, 0.3) is 0 Å². The molecule has 0 aliphatic rings. The highest BCUT2D eigenvalue weighted by molar-refractivity contribution is 9.10. The van der Waals surface area contributed by atoms with Gasteiger partial charge < -0.3 is 9.84 Å². The smallest absolute Gasteiger partial charge is 0.118 e. The van der Waals surface area contributed by atoms with Gasteiger partial charge in [0.05, 0.1) is 28.6 Å². The van der Waals surface area contributed by atoms with Crippen LogP contribution >= 0.6 is 15.9 Å². The SMILES string of the molecule is COc1ccc(C(C)(O)Cc2c(Br)c(C)nn2C)cc1. The Bertz CT molecular complexity index is 603. The second kappa shape index (κ2) is 5.58. The number of aliphatic hydroxyl groups is 1. The quantitative estimate of drug-likeness (QED) is 0.932. The summed E-state index contributed by atoms with van der Waals surface area (Å²) in [5.74, 6) is 0.780. The molecule has 2 rings (SSSR count). The van der Waals surface area contributed by atoms with E-state index in [0.717, 1.165) is 27.2 Å². The Morgan fingerprint density at radius 2 is 1.95 bits per heavy atom. The lowest BCUT2D eigenvalue weighted by Gasteiger charge is -2.24. The van der Waals surface area contributed by atoms with E-state index in [1.165, 1.54) is 0 Å². The predicted molar refractivity (Wildman–Crippen MR) is 81.9 cm³/mol. The van der Waals surface area contributed by atoms with Gasteiger partial charge in [-0.15, -0.1) is 0 Å². The lowest BCUT2D eigenvalue weighted by molar-refractivity contribution is 0.0554. The van der Waals surface area contributed by atoms with Crippen molar-refractivity contribution in [3.8, 4) is 5.75 Å². The number of hydrogen-bond donors (Lipinski definition) is 1. The monoisotopic (exact) mass is 338 g/mol. The van der Waals surface area contributed by atoms with E-state index in [4.69, 9.17) is 4.74 Å². The summed E-state index contributed by atoms with van der Waals surface area (Å²) in [5.41, 5.74) is 1.79. The Morgan fingerprint density at radius 1 is 1.35 bits per heavy atom. The fourth-order valence-electron chi connectivity index (χ4n) is 2.25. The molecular formula is C15H19BrN2O2. The molecule has 1 unspecified atom stereocenters. The predicted octanol–water partition coefficient (Wildman–Crippen LogP) is 2.95. The third-order valence-corrected chi connectivity index (χ3v) is 4.52. The Labute approximate surface area is 127 Å². The molecule has 4 nitrogen and oxygen atoms in total. The molecule has 0 spiro atoms. The van der Waals surface area contributed by atoms with Crippen LogP contribution in [-0.4, -0.2) is 22.0 Å². The van der Waals surface area contributed by atoms with Gasteiger partial charge in [-0.1, -0.05) is 12.1 Å². The lowest BCUT2D eigenvalue weighted by Crippen LogP contribution is -2.25. The highest BCUT2D eigenvalue weighted by Crippen LogP contribution is 2.30. The van der Waals surface area contributed by atoms with Crippen LogP contribution in [-0.2, 0) is 19.1 Å². The average Bonchev–Trinajstić information content (AvgIpc) is 2.65. The van der Waals surface area contributed by atoms with Crippen LogP contribution in [0.2, 0.25) is 0 Å². The van der Waals surface area contributed by atoms with Crippen LogP contribution in [0, 0.1) is 6.92 Å². The molecule has 1 aromatic heterocycles. The van der Waals surface area contributed by atoms with Crippen molar-refractivity contribution in [1.29, 1.82) is 0 Å². The number of nitrogens with zero attached hydrogens (tertiary/aromatic N) is 2. The first-order chi connectivity index (χ1) is 9.35. The number of benzene rings is 1. The molecule has 0 amide bonds. The molecular weight excluding hydrogens is 320 g/mol. The van der Waals surface area contributed by atoms with Crippen molar-refractivity contribution in [1.82, 2.24) is 9.78 Å². The van der Waals surface area contributed by atoms with Gasteiger partial charge >= 0.3 is 0 Å². The van der Waals surface area contributed by atoms with Crippen LogP contribution in [0.4, 0.5) is 0 Å². The fourth-order valence-corrected chi connectivity index (χ4v) is 2.73. The van der Waals surface area contributed by atoms with Crippen LogP contribution in [0.15, 0.2) is 28.7 Å². The maximum Gasteiger partial charge on any atom is 0.118 e. The molecule has 0 saturated heterocycles. The summed E-state index contributed by atoms with van der Waals surface area (Å²) < 4.78 is 7.89. The Kier molecular flexibility index (Phi) is 4.20.